The predicted octanol–water partition coefficient (Wildman–Crippen LogP) is 0.569. The highest BCUT2D eigenvalue weighted by molar-refractivity contribution is 5.93. The van der Waals surface area contributed by atoms with Gasteiger partial charge >= 0.3 is 0 Å². The number of ketones is 1. The number of carbonyl (C=O) groups is 2. The van der Waals surface area contributed by atoms with Gasteiger partial charge in [0.15, 0.2) is 5.78 Å². The Balaban J connectivity index is 2.39. The Kier molecular flexibility index (Phi) is 2.76. The smallest absolute Gasteiger partial charge is 0.168 e. The highest BCUT2D eigenvalue weighted by Gasteiger charge is 2.35. The van der Waals surface area contributed by atoms with Crippen molar-refractivity contribution in [1.82, 2.24) is 0 Å². The molecule has 0 bridgehead atoms. The Morgan fingerprint density at radius 2 is 2.36 bits per heavy atom. The molecule has 0 saturated heterocycles. The molecule has 11 heavy (non-hydrogen) atoms. The normalized spacial score (nSPS) is 19.4. The van der Waals surface area contributed by atoms with Gasteiger partial charge < -0.3 is 9.53 Å². The summed E-state index contributed by atoms with van der Waals surface area (Å²) >= 11 is 0. The highest BCUT2D eigenvalue weighted by Crippen LogP contribution is 2.34. The van der Waals surface area contributed by atoms with Crippen LogP contribution >= 0.6 is 0 Å². The Labute approximate surface area is 65.7 Å². The number of hydrogen-bond acceptors (Lipinski definition) is 3. The molecule has 0 aliphatic heterocycles. The van der Waals surface area contributed by atoms with Crippen molar-refractivity contribution >= 4 is 12.1 Å². The first-order valence-corrected chi connectivity index (χ1v) is 3.78. The van der Waals surface area contributed by atoms with E-state index in [9.17, 15) is 9.59 Å². The minimum atomic E-state index is -0.319. The van der Waals surface area contributed by atoms with Crippen LogP contribution in [0.3, 0.4) is 0 Å². The van der Waals surface area contributed by atoms with Crippen LogP contribution in [-0.2, 0) is 14.3 Å². The topological polar surface area (TPSA) is 43.4 Å². The molecule has 0 radical (unpaired) electrons. The van der Waals surface area contributed by atoms with Crippen molar-refractivity contribution in [2.45, 2.75) is 25.4 Å². The Morgan fingerprint density at radius 1 is 1.73 bits per heavy atom. The van der Waals surface area contributed by atoms with E-state index in [1.165, 1.54) is 7.11 Å². The fourth-order valence-corrected chi connectivity index (χ4v) is 1.18. The van der Waals surface area contributed by atoms with E-state index >= 15 is 0 Å². The molecule has 1 aliphatic carbocycles. The third-order valence-electron chi connectivity index (χ3n) is 1.91. The first kappa shape index (κ1) is 8.40. The lowest BCUT2D eigenvalue weighted by atomic mass is 10.1. The maximum absolute atomic E-state index is 11.1. The summed E-state index contributed by atoms with van der Waals surface area (Å²) in [6.07, 6.45) is 2.43. The number of aldehydes is 1. The Morgan fingerprint density at radius 3 is 2.73 bits per heavy atom. The molecule has 0 aromatic carbocycles. The van der Waals surface area contributed by atoms with Gasteiger partial charge in [0.05, 0.1) is 6.42 Å². The molecule has 1 aliphatic rings. The van der Waals surface area contributed by atoms with E-state index in [2.05, 4.69) is 0 Å². The first-order valence-electron chi connectivity index (χ1n) is 3.78. The van der Waals surface area contributed by atoms with Crippen LogP contribution in [0.15, 0.2) is 0 Å². The second-order valence-corrected chi connectivity index (χ2v) is 2.83. The van der Waals surface area contributed by atoms with E-state index in [1.807, 2.05) is 0 Å². The maximum Gasteiger partial charge on any atom is 0.168 e. The summed E-state index contributed by atoms with van der Waals surface area (Å²) in [6, 6.07) is 0. The van der Waals surface area contributed by atoms with Crippen molar-refractivity contribution in [3.63, 3.8) is 0 Å². The van der Waals surface area contributed by atoms with Gasteiger partial charge in [-0.15, -0.1) is 0 Å². The average molecular weight is 156 g/mol. The summed E-state index contributed by atoms with van der Waals surface area (Å²) in [5, 5.41) is 0. The number of carbonyl (C=O) groups excluding carboxylic acids is 2. The fourth-order valence-electron chi connectivity index (χ4n) is 1.18. The average Bonchev–Trinajstić information content (AvgIpc) is 2.73. The first-order chi connectivity index (χ1) is 5.29. The zero-order valence-corrected chi connectivity index (χ0v) is 6.58. The van der Waals surface area contributed by atoms with Crippen molar-refractivity contribution in [1.29, 1.82) is 0 Å². The van der Waals surface area contributed by atoms with Gasteiger partial charge in [-0.05, 0) is 18.8 Å². The number of methoxy groups -OCH3 is 1. The third kappa shape index (κ3) is 2.12. The predicted molar refractivity (Wildman–Crippen MR) is 39.2 cm³/mol. The molecule has 0 unspecified atom stereocenters. The van der Waals surface area contributed by atoms with E-state index in [4.69, 9.17) is 4.74 Å². The SMILES string of the molecule is CO[C@H](C(=O)CC=O)C1CC1. The molecule has 0 spiro atoms. The molecule has 1 saturated carbocycles. The maximum atomic E-state index is 11.1. The number of Topliss-reactive ketones (excluding diaryl/α,β-unsaturated/α-hetero) is 1. The number of ether oxygens (including phenoxy) is 1. The molecular formula is C8H12O3. The van der Waals surface area contributed by atoms with Gasteiger partial charge in [0.2, 0.25) is 0 Å². The van der Waals surface area contributed by atoms with Crippen LogP contribution in [0.25, 0.3) is 0 Å². The molecular weight excluding hydrogens is 144 g/mol. The molecule has 3 nitrogen and oxygen atoms in total. The zero-order valence-electron chi connectivity index (χ0n) is 6.58. The molecule has 1 fully saturated rings. The van der Waals surface area contributed by atoms with Crippen LogP contribution in [0.4, 0.5) is 0 Å². The van der Waals surface area contributed by atoms with E-state index in [0.717, 1.165) is 12.8 Å². The fraction of sp³-hybridized carbons (Fsp3) is 0.750. The minimum Gasteiger partial charge on any atom is -0.373 e. The molecule has 1 rings (SSSR count). The van der Waals surface area contributed by atoms with Crippen molar-refractivity contribution in [2.75, 3.05) is 7.11 Å². The third-order valence-corrected chi connectivity index (χ3v) is 1.91. The van der Waals surface area contributed by atoms with Crippen LogP contribution in [0.2, 0.25) is 0 Å². The van der Waals surface area contributed by atoms with Gasteiger partial charge in [0.25, 0.3) is 0 Å². The van der Waals surface area contributed by atoms with Gasteiger partial charge in [-0.1, -0.05) is 0 Å². The van der Waals surface area contributed by atoms with E-state index in [0.29, 0.717) is 12.2 Å². The number of rotatable bonds is 5. The van der Waals surface area contributed by atoms with Crippen molar-refractivity contribution < 1.29 is 14.3 Å². The van der Waals surface area contributed by atoms with Crippen molar-refractivity contribution in [2.24, 2.45) is 5.92 Å². The molecule has 3 heteroatoms. The molecule has 0 aromatic rings. The molecule has 0 N–H and O–H groups in total. The summed E-state index contributed by atoms with van der Waals surface area (Å²) in [7, 11) is 1.52. The summed E-state index contributed by atoms with van der Waals surface area (Å²) in [6.45, 7) is 0. The van der Waals surface area contributed by atoms with E-state index in [1.54, 1.807) is 0 Å². The second kappa shape index (κ2) is 3.62. The van der Waals surface area contributed by atoms with Crippen LogP contribution in [0.5, 0.6) is 0 Å². The largest absolute Gasteiger partial charge is 0.373 e. The lowest BCUT2D eigenvalue weighted by Crippen LogP contribution is -2.25. The van der Waals surface area contributed by atoms with Gasteiger partial charge in [-0.2, -0.15) is 0 Å². The van der Waals surface area contributed by atoms with Crippen molar-refractivity contribution in [3.8, 4) is 0 Å². The summed E-state index contributed by atoms with van der Waals surface area (Å²) in [4.78, 5) is 21.1. The van der Waals surface area contributed by atoms with E-state index in [-0.39, 0.29) is 18.3 Å². The molecule has 1 atom stereocenters. The second-order valence-electron chi connectivity index (χ2n) is 2.83. The summed E-state index contributed by atoms with van der Waals surface area (Å²) in [5.41, 5.74) is 0. The highest BCUT2D eigenvalue weighted by atomic mass is 16.5. The molecule has 0 heterocycles. The van der Waals surface area contributed by atoms with Gasteiger partial charge in [0.1, 0.15) is 12.4 Å². The van der Waals surface area contributed by atoms with Crippen LogP contribution in [0.1, 0.15) is 19.3 Å². The molecule has 0 aromatic heterocycles. The monoisotopic (exact) mass is 156 g/mol. The quantitative estimate of drug-likeness (QED) is 0.431. The molecule has 0 amide bonds. The van der Waals surface area contributed by atoms with Gasteiger partial charge in [0, 0.05) is 7.11 Å². The van der Waals surface area contributed by atoms with Gasteiger partial charge in [-0.25, -0.2) is 0 Å². The van der Waals surface area contributed by atoms with E-state index < -0.39 is 0 Å². The zero-order chi connectivity index (χ0) is 8.27. The lowest BCUT2D eigenvalue weighted by Gasteiger charge is -2.10. The Bertz CT molecular complexity index is 161. The van der Waals surface area contributed by atoms with Crippen LogP contribution in [0, 0.1) is 5.92 Å². The number of hydrogen-bond donors (Lipinski definition) is 0. The standard InChI is InChI=1S/C8H12O3/c1-11-8(6-2-3-6)7(10)4-5-9/h5-6,8H,2-4H2,1H3/t8-/m0/s1. The summed E-state index contributed by atoms with van der Waals surface area (Å²) in [5.74, 6) is 0.303. The minimum absolute atomic E-state index is 0.00495. The van der Waals surface area contributed by atoms with Crippen LogP contribution < -0.4 is 0 Å². The molecule has 62 valence electrons. The Hall–Kier alpha value is -0.700. The van der Waals surface area contributed by atoms with Crippen molar-refractivity contribution in [3.05, 3.63) is 0 Å². The van der Waals surface area contributed by atoms with Gasteiger partial charge in [-0.3, -0.25) is 4.79 Å². The lowest BCUT2D eigenvalue weighted by molar-refractivity contribution is -0.131. The van der Waals surface area contributed by atoms with Crippen LogP contribution in [-0.4, -0.2) is 25.3 Å². The summed E-state index contributed by atoms with van der Waals surface area (Å²) < 4.78 is 4.98.